The number of piperazine rings is 1. The molecule has 1 saturated carbocycles. The van der Waals surface area contributed by atoms with Crippen molar-refractivity contribution in [3.05, 3.63) is 0 Å². The van der Waals surface area contributed by atoms with Crippen LogP contribution >= 0.6 is 0 Å². The lowest BCUT2D eigenvalue weighted by molar-refractivity contribution is -0.144. The van der Waals surface area contributed by atoms with E-state index in [1.165, 1.54) is 12.8 Å². The molecule has 3 aliphatic heterocycles. The summed E-state index contributed by atoms with van der Waals surface area (Å²) in [7, 11) is 0. The highest BCUT2D eigenvalue weighted by Crippen LogP contribution is 2.35. The Morgan fingerprint density at radius 2 is 1.86 bits per heavy atom. The molecule has 0 radical (unpaired) electrons. The van der Waals surface area contributed by atoms with Gasteiger partial charge in [-0.1, -0.05) is 0 Å². The molecule has 0 bridgehead atoms. The van der Waals surface area contributed by atoms with Crippen LogP contribution in [0.2, 0.25) is 0 Å². The molecule has 4 unspecified atom stereocenters. The van der Waals surface area contributed by atoms with Crippen molar-refractivity contribution in [3.8, 4) is 0 Å². The SMILES string of the molecule is CC(=O)N1C2NCC(C3CNN(C4CC4)C3)CC2N(C(=O)OC(C)C)C[C@@H]1C. The van der Waals surface area contributed by atoms with Crippen molar-refractivity contribution in [1.82, 2.24) is 25.6 Å². The van der Waals surface area contributed by atoms with Crippen molar-refractivity contribution >= 4 is 12.0 Å². The summed E-state index contributed by atoms with van der Waals surface area (Å²) >= 11 is 0. The molecule has 4 aliphatic rings. The zero-order chi connectivity index (χ0) is 20.0. The molecule has 3 heterocycles. The van der Waals surface area contributed by atoms with Crippen molar-refractivity contribution in [2.24, 2.45) is 11.8 Å². The number of carbonyl (C=O) groups is 2. The predicted octanol–water partition coefficient (Wildman–Crippen LogP) is 0.987. The smallest absolute Gasteiger partial charge is 0.410 e. The quantitative estimate of drug-likeness (QED) is 0.745. The van der Waals surface area contributed by atoms with E-state index in [9.17, 15) is 9.59 Å². The zero-order valence-electron chi connectivity index (χ0n) is 17.6. The minimum atomic E-state index is -0.258. The van der Waals surface area contributed by atoms with Gasteiger partial charge in [-0.05, 0) is 51.9 Å². The van der Waals surface area contributed by atoms with Gasteiger partial charge in [0.15, 0.2) is 0 Å². The van der Waals surface area contributed by atoms with Gasteiger partial charge in [0.1, 0.15) is 6.17 Å². The highest BCUT2D eigenvalue weighted by molar-refractivity contribution is 5.75. The summed E-state index contributed by atoms with van der Waals surface area (Å²) in [6.45, 7) is 10.9. The molecule has 4 rings (SSSR count). The number of carbonyl (C=O) groups excluding carboxylic acids is 2. The fraction of sp³-hybridized carbons (Fsp3) is 0.900. The second-order valence-corrected chi connectivity index (χ2v) is 9.28. The van der Waals surface area contributed by atoms with Gasteiger partial charge in [0.05, 0.1) is 12.1 Å². The third-order valence-corrected chi connectivity index (χ3v) is 6.71. The van der Waals surface area contributed by atoms with Crippen LogP contribution in [0.4, 0.5) is 4.79 Å². The molecule has 0 aromatic rings. The fourth-order valence-electron chi connectivity index (χ4n) is 5.24. The third-order valence-electron chi connectivity index (χ3n) is 6.71. The number of nitrogens with zero attached hydrogens (tertiary/aromatic N) is 3. The lowest BCUT2D eigenvalue weighted by Crippen LogP contribution is -2.72. The Morgan fingerprint density at radius 3 is 2.50 bits per heavy atom. The number of fused-ring (bicyclic) bond motifs is 1. The van der Waals surface area contributed by atoms with Gasteiger partial charge in [0.2, 0.25) is 5.91 Å². The van der Waals surface area contributed by atoms with Crippen LogP contribution in [0, 0.1) is 11.8 Å². The van der Waals surface area contributed by atoms with E-state index in [-0.39, 0.29) is 36.4 Å². The first-order valence-electron chi connectivity index (χ1n) is 10.8. The minimum absolute atomic E-state index is 0.0268. The average Bonchev–Trinajstić information content (AvgIpc) is 3.36. The Kier molecular flexibility index (Phi) is 5.55. The molecule has 5 atom stereocenters. The number of hydrogen-bond donors (Lipinski definition) is 2. The summed E-state index contributed by atoms with van der Waals surface area (Å²) in [5.41, 5.74) is 3.57. The van der Waals surface area contributed by atoms with Gasteiger partial charge < -0.3 is 9.64 Å². The van der Waals surface area contributed by atoms with Crippen LogP contribution < -0.4 is 10.7 Å². The molecule has 0 aromatic heterocycles. The van der Waals surface area contributed by atoms with Gasteiger partial charge in [-0.25, -0.2) is 9.80 Å². The first-order chi connectivity index (χ1) is 13.3. The summed E-state index contributed by atoms with van der Waals surface area (Å²) in [6, 6.07) is 0.650. The number of piperidine rings is 1. The predicted molar refractivity (Wildman–Crippen MR) is 105 cm³/mol. The van der Waals surface area contributed by atoms with Gasteiger partial charge in [0, 0.05) is 45.2 Å². The van der Waals surface area contributed by atoms with E-state index < -0.39 is 0 Å². The Hall–Kier alpha value is -1.38. The second-order valence-electron chi connectivity index (χ2n) is 9.28. The number of amides is 2. The van der Waals surface area contributed by atoms with Gasteiger partial charge in [-0.15, -0.1) is 0 Å². The van der Waals surface area contributed by atoms with Crippen molar-refractivity contribution < 1.29 is 14.3 Å². The van der Waals surface area contributed by atoms with Gasteiger partial charge >= 0.3 is 6.09 Å². The van der Waals surface area contributed by atoms with Crippen LogP contribution in [0.3, 0.4) is 0 Å². The summed E-state index contributed by atoms with van der Waals surface area (Å²) in [5.74, 6) is 1.11. The topological polar surface area (TPSA) is 77.2 Å². The molecule has 2 amide bonds. The largest absolute Gasteiger partial charge is 0.447 e. The molecule has 3 saturated heterocycles. The second kappa shape index (κ2) is 7.80. The number of hydrogen-bond acceptors (Lipinski definition) is 6. The van der Waals surface area contributed by atoms with Crippen LogP contribution in [0.1, 0.15) is 47.0 Å². The summed E-state index contributed by atoms with van der Waals surface area (Å²) < 4.78 is 5.54. The zero-order valence-corrected chi connectivity index (χ0v) is 17.6. The maximum atomic E-state index is 12.8. The van der Waals surface area contributed by atoms with Crippen molar-refractivity contribution in [2.45, 2.75) is 77.4 Å². The Balaban J connectivity index is 1.49. The van der Waals surface area contributed by atoms with Crippen molar-refractivity contribution in [3.63, 3.8) is 0 Å². The molecule has 0 aromatic carbocycles. The first kappa shape index (κ1) is 19.9. The molecule has 8 nitrogen and oxygen atoms in total. The molecule has 0 spiro atoms. The Morgan fingerprint density at radius 1 is 1.11 bits per heavy atom. The van der Waals surface area contributed by atoms with Crippen LogP contribution in [-0.2, 0) is 9.53 Å². The van der Waals surface area contributed by atoms with Crippen molar-refractivity contribution in [1.29, 1.82) is 0 Å². The Labute approximate surface area is 167 Å². The highest BCUT2D eigenvalue weighted by Gasteiger charge is 2.49. The number of ether oxygens (including phenoxy) is 1. The first-order valence-corrected chi connectivity index (χ1v) is 10.8. The van der Waals surface area contributed by atoms with E-state index in [4.69, 9.17) is 4.74 Å². The normalized spacial score (nSPS) is 36.5. The fourth-order valence-corrected chi connectivity index (χ4v) is 5.24. The maximum Gasteiger partial charge on any atom is 0.410 e. The molecule has 2 N–H and O–H groups in total. The number of nitrogens with one attached hydrogen (secondary N) is 2. The Bertz CT molecular complexity index is 611. The van der Waals surface area contributed by atoms with Gasteiger partial charge in [0.25, 0.3) is 0 Å². The maximum absolute atomic E-state index is 12.8. The van der Waals surface area contributed by atoms with Crippen molar-refractivity contribution in [2.75, 3.05) is 26.2 Å². The number of rotatable bonds is 3. The summed E-state index contributed by atoms with van der Waals surface area (Å²) in [4.78, 5) is 28.9. The molecule has 4 fully saturated rings. The standard InChI is InChI=1S/C20H35N5O3/c1-12(2)28-20(27)23-10-13(3)25(14(4)26)19-18(23)7-15(8-21-19)16-9-22-24(11-16)17-5-6-17/h12-13,15-19,21-22H,5-11H2,1-4H3/t13-,15?,16?,18?,19?/m0/s1. The van der Waals surface area contributed by atoms with Gasteiger partial charge in [-0.2, -0.15) is 0 Å². The monoisotopic (exact) mass is 393 g/mol. The summed E-state index contributed by atoms with van der Waals surface area (Å²) in [5, 5.41) is 6.03. The van der Waals surface area contributed by atoms with Crippen LogP contribution in [0.5, 0.6) is 0 Å². The van der Waals surface area contributed by atoms with Crippen LogP contribution in [-0.4, -0.2) is 83.4 Å². The molecule has 8 heteroatoms. The van der Waals surface area contributed by atoms with Crippen LogP contribution in [0.25, 0.3) is 0 Å². The summed E-state index contributed by atoms with van der Waals surface area (Å²) in [6.07, 6.45) is 2.97. The van der Waals surface area contributed by atoms with E-state index in [1.54, 1.807) is 6.92 Å². The molecular weight excluding hydrogens is 358 g/mol. The van der Waals surface area contributed by atoms with Gasteiger partial charge in [-0.3, -0.25) is 20.4 Å². The van der Waals surface area contributed by atoms with Crippen LogP contribution in [0.15, 0.2) is 0 Å². The highest BCUT2D eigenvalue weighted by atomic mass is 16.6. The molecule has 28 heavy (non-hydrogen) atoms. The molecule has 1 aliphatic carbocycles. The third kappa shape index (κ3) is 3.86. The minimum Gasteiger partial charge on any atom is -0.447 e. The van der Waals surface area contributed by atoms with E-state index in [2.05, 4.69) is 15.8 Å². The molecule has 158 valence electrons. The lowest BCUT2D eigenvalue weighted by atomic mass is 9.81. The molecular formula is C20H35N5O3. The van der Waals surface area contributed by atoms with E-state index in [0.29, 0.717) is 18.4 Å². The lowest BCUT2D eigenvalue weighted by Gasteiger charge is -2.54. The average molecular weight is 394 g/mol. The number of hydrazine groups is 1. The van der Waals surface area contributed by atoms with E-state index in [1.807, 2.05) is 30.6 Å². The van der Waals surface area contributed by atoms with E-state index in [0.717, 1.165) is 32.1 Å². The van der Waals surface area contributed by atoms with E-state index >= 15 is 0 Å².